The molecule has 1 atom stereocenters. The highest BCUT2D eigenvalue weighted by Crippen LogP contribution is 2.50. The maximum atomic E-state index is 5.82. The van der Waals surface area contributed by atoms with Crippen LogP contribution in [0.4, 0.5) is 5.00 Å². The molecule has 4 heterocycles. The van der Waals surface area contributed by atoms with E-state index in [1.165, 1.54) is 90.3 Å². The molecule has 1 aliphatic rings. The van der Waals surface area contributed by atoms with Crippen LogP contribution in [0.5, 0.6) is 0 Å². The number of nitrogens with zero attached hydrogens (tertiary/aromatic N) is 2. The Hall–Kier alpha value is -6.27. The topological polar surface area (TPSA) is 29.3 Å². The monoisotopic (exact) mass is 711 g/mol. The van der Waals surface area contributed by atoms with Gasteiger partial charge in [0.15, 0.2) is 0 Å². The van der Waals surface area contributed by atoms with Gasteiger partial charge in [-0.3, -0.25) is 4.57 Å². The van der Waals surface area contributed by atoms with Crippen molar-refractivity contribution < 1.29 is 0 Å². The van der Waals surface area contributed by atoms with Crippen molar-refractivity contribution in [2.24, 2.45) is 4.99 Å². The molecule has 8 aromatic carbocycles. The summed E-state index contributed by atoms with van der Waals surface area (Å²) in [5, 5.41) is 16.5. The van der Waals surface area contributed by atoms with E-state index in [4.69, 9.17) is 4.99 Å². The zero-order valence-electron chi connectivity index (χ0n) is 28.4. The van der Waals surface area contributed by atoms with Gasteiger partial charge in [-0.2, -0.15) is 0 Å². The lowest BCUT2D eigenvalue weighted by molar-refractivity contribution is 0.873. The average Bonchev–Trinajstić information content (AvgIpc) is 3.90. The van der Waals surface area contributed by atoms with E-state index < -0.39 is 0 Å². The second kappa shape index (κ2) is 11.1. The number of fused-ring (bicyclic) bond motifs is 14. The second-order valence-corrected chi connectivity index (χ2v) is 16.0. The van der Waals surface area contributed by atoms with Gasteiger partial charge in [-0.25, -0.2) is 4.99 Å². The lowest BCUT2D eigenvalue weighted by Crippen LogP contribution is -2.26. The molecular formula is C48H29N3S2. The van der Waals surface area contributed by atoms with E-state index >= 15 is 0 Å². The molecule has 248 valence electrons. The third-order valence-electron chi connectivity index (χ3n) is 11.1. The first-order valence-corrected chi connectivity index (χ1v) is 19.6. The molecule has 0 aliphatic carbocycles. The largest absolute Gasteiger partial charge is 0.317 e. The number of anilines is 1. The second-order valence-electron chi connectivity index (χ2n) is 13.9. The van der Waals surface area contributed by atoms with Gasteiger partial charge < -0.3 is 5.32 Å². The van der Waals surface area contributed by atoms with Gasteiger partial charge in [0.1, 0.15) is 11.0 Å². The molecule has 0 amide bonds. The molecule has 0 bridgehead atoms. The van der Waals surface area contributed by atoms with Crippen LogP contribution < -0.4 is 5.32 Å². The number of hydrogen-bond acceptors (Lipinski definition) is 4. The Morgan fingerprint density at radius 3 is 1.92 bits per heavy atom. The third kappa shape index (κ3) is 4.12. The SMILES string of the molecule is c1ccc(-c2ccc(C3N=C(n4c5ccccc5c5c6sc7ccccc7c6c6ccccc6c54)Nc4sc5ccccc5c43)c3ccccc23)cc1. The number of aromatic nitrogens is 1. The molecule has 5 heteroatoms. The van der Waals surface area contributed by atoms with Gasteiger partial charge in [0.2, 0.25) is 5.96 Å². The Bertz CT molecular complexity index is 3330. The molecule has 0 saturated carbocycles. The van der Waals surface area contributed by atoms with Gasteiger partial charge in [0.25, 0.3) is 0 Å². The number of nitrogens with one attached hydrogen (secondary N) is 1. The maximum Gasteiger partial charge on any atom is 0.209 e. The Kier molecular flexibility index (Phi) is 6.15. The summed E-state index contributed by atoms with van der Waals surface area (Å²) in [5.74, 6) is 0.849. The first-order chi connectivity index (χ1) is 26.3. The van der Waals surface area contributed by atoms with Crippen molar-refractivity contribution in [3.8, 4) is 11.1 Å². The highest BCUT2D eigenvalue weighted by molar-refractivity contribution is 7.27. The van der Waals surface area contributed by atoms with Crippen LogP contribution in [0.1, 0.15) is 17.2 Å². The molecular weight excluding hydrogens is 683 g/mol. The summed E-state index contributed by atoms with van der Waals surface area (Å²) in [6, 6.07) is 59.4. The van der Waals surface area contributed by atoms with E-state index in [-0.39, 0.29) is 6.04 Å². The summed E-state index contributed by atoms with van der Waals surface area (Å²) in [5.41, 5.74) is 7.25. The van der Waals surface area contributed by atoms with Crippen molar-refractivity contribution >= 4 is 107 Å². The molecule has 1 aliphatic heterocycles. The smallest absolute Gasteiger partial charge is 0.209 e. The molecule has 0 saturated heterocycles. The van der Waals surface area contributed by atoms with E-state index in [9.17, 15) is 0 Å². The molecule has 3 aromatic heterocycles. The van der Waals surface area contributed by atoms with E-state index in [0.29, 0.717) is 0 Å². The summed E-state index contributed by atoms with van der Waals surface area (Å²) < 4.78 is 6.31. The fourth-order valence-electron chi connectivity index (χ4n) is 8.86. The van der Waals surface area contributed by atoms with Gasteiger partial charge in [0.05, 0.1) is 11.0 Å². The Labute approximate surface area is 312 Å². The maximum absolute atomic E-state index is 5.82. The molecule has 1 unspecified atom stereocenters. The summed E-state index contributed by atoms with van der Waals surface area (Å²) in [4.78, 5) is 5.82. The lowest BCUT2D eigenvalue weighted by atomic mass is 9.89. The van der Waals surface area contributed by atoms with Crippen molar-refractivity contribution in [1.82, 2.24) is 4.57 Å². The van der Waals surface area contributed by atoms with E-state index in [1.807, 2.05) is 22.7 Å². The van der Waals surface area contributed by atoms with Gasteiger partial charge in [-0.15, -0.1) is 22.7 Å². The van der Waals surface area contributed by atoms with Gasteiger partial charge in [0, 0.05) is 52.0 Å². The quantitative estimate of drug-likeness (QED) is 0.190. The van der Waals surface area contributed by atoms with E-state index in [1.54, 1.807) is 0 Å². The number of para-hydroxylation sites is 1. The number of hydrogen-bond donors (Lipinski definition) is 1. The van der Waals surface area contributed by atoms with Crippen molar-refractivity contribution in [2.45, 2.75) is 6.04 Å². The number of benzene rings is 8. The van der Waals surface area contributed by atoms with E-state index in [0.717, 1.165) is 16.5 Å². The molecule has 0 spiro atoms. The highest BCUT2D eigenvalue weighted by atomic mass is 32.1. The first-order valence-electron chi connectivity index (χ1n) is 18.0. The third-order valence-corrected chi connectivity index (χ3v) is 13.4. The predicted molar refractivity (Wildman–Crippen MR) is 229 cm³/mol. The van der Waals surface area contributed by atoms with Crippen LogP contribution in [0.2, 0.25) is 0 Å². The van der Waals surface area contributed by atoms with Crippen molar-refractivity contribution in [3.63, 3.8) is 0 Å². The van der Waals surface area contributed by atoms with Crippen LogP contribution in [-0.4, -0.2) is 10.5 Å². The van der Waals surface area contributed by atoms with Crippen LogP contribution in [0.25, 0.3) is 84.7 Å². The summed E-state index contributed by atoms with van der Waals surface area (Å²) in [6.07, 6.45) is 0. The first kappa shape index (κ1) is 29.3. The Morgan fingerprint density at radius 2 is 1.11 bits per heavy atom. The zero-order chi connectivity index (χ0) is 34.6. The minimum atomic E-state index is -0.220. The average molecular weight is 712 g/mol. The van der Waals surface area contributed by atoms with Crippen molar-refractivity contribution in [2.75, 3.05) is 5.32 Å². The number of aliphatic imine (C=N–C) groups is 1. The lowest BCUT2D eigenvalue weighted by Gasteiger charge is -2.26. The molecule has 0 radical (unpaired) electrons. The van der Waals surface area contributed by atoms with Crippen LogP contribution in [-0.2, 0) is 0 Å². The molecule has 3 nitrogen and oxygen atoms in total. The summed E-state index contributed by atoms with van der Waals surface area (Å²) in [6.45, 7) is 0. The minimum Gasteiger partial charge on any atom is -0.317 e. The standard InChI is InChI=1S/C48H29N3S2/c1-2-14-28(15-3-1)29-26-27-33(31-17-5-4-16-30(29)31)44-42-37-22-10-13-25-40(37)53-47(42)50-48(49-44)51-38-23-11-8-20-35(38)43-45(51)34-19-7-6-18-32(34)41-36-21-9-12-24-39(36)52-46(41)43/h1-27,44H,(H,49,50). The Balaban J connectivity index is 1.20. The van der Waals surface area contributed by atoms with Gasteiger partial charge in [-0.1, -0.05) is 146 Å². The van der Waals surface area contributed by atoms with Crippen LogP contribution >= 0.6 is 22.7 Å². The van der Waals surface area contributed by atoms with Crippen molar-refractivity contribution in [1.29, 1.82) is 0 Å². The Morgan fingerprint density at radius 1 is 0.491 bits per heavy atom. The van der Waals surface area contributed by atoms with Crippen LogP contribution in [0.15, 0.2) is 169 Å². The normalized spacial score (nSPS) is 14.5. The highest BCUT2D eigenvalue weighted by Gasteiger charge is 2.32. The molecule has 12 rings (SSSR count). The van der Waals surface area contributed by atoms with Gasteiger partial charge >= 0.3 is 0 Å². The molecule has 1 N–H and O–H groups in total. The van der Waals surface area contributed by atoms with Gasteiger partial charge in [-0.05, 0) is 51.0 Å². The van der Waals surface area contributed by atoms with Crippen LogP contribution in [0.3, 0.4) is 0 Å². The van der Waals surface area contributed by atoms with Crippen LogP contribution in [0, 0.1) is 0 Å². The predicted octanol–water partition coefficient (Wildman–Crippen LogP) is 13.8. The molecule has 11 aromatic rings. The van der Waals surface area contributed by atoms with Crippen molar-refractivity contribution in [3.05, 3.63) is 175 Å². The fraction of sp³-hybridized carbons (Fsp3) is 0.0208. The number of rotatable bonds is 2. The van der Waals surface area contributed by atoms with E-state index in [2.05, 4.69) is 174 Å². The molecule has 53 heavy (non-hydrogen) atoms. The molecule has 0 fully saturated rings. The summed E-state index contributed by atoms with van der Waals surface area (Å²) >= 11 is 3.72. The fourth-order valence-corrected chi connectivity index (χ4v) is 11.3. The number of thiophene rings is 2. The summed E-state index contributed by atoms with van der Waals surface area (Å²) in [7, 11) is 0. The minimum absolute atomic E-state index is 0.220. The zero-order valence-corrected chi connectivity index (χ0v) is 30.0.